The van der Waals surface area contributed by atoms with Crippen LogP contribution in [0, 0.1) is 0 Å². The molecule has 20 heavy (non-hydrogen) atoms. The molecule has 0 aromatic heterocycles. The highest BCUT2D eigenvalue weighted by Gasteiger charge is 2.33. The zero-order valence-electron chi connectivity index (χ0n) is 11.6. The van der Waals surface area contributed by atoms with Crippen LogP contribution in [-0.4, -0.2) is 23.7 Å². The summed E-state index contributed by atoms with van der Waals surface area (Å²) in [5.74, 6) is -0.148. The number of methoxy groups -OCH3 is 1. The normalized spacial score (nSPS) is 17.1. The van der Waals surface area contributed by atoms with Crippen molar-refractivity contribution in [2.45, 2.75) is 44.3 Å². The fourth-order valence-corrected chi connectivity index (χ4v) is 3.15. The van der Waals surface area contributed by atoms with Gasteiger partial charge < -0.3 is 15.2 Å². The first-order chi connectivity index (χ1) is 9.54. The number of anilines is 1. The summed E-state index contributed by atoms with van der Waals surface area (Å²) >= 11 is 3.46. The highest BCUT2D eigenvalue weighted by Crippen LogP contribution is 2.33. The van der Waals surface area contributed by atoms with E-state index in [1.807, 2.05) is 18.2 Å². The molecule has 0 spiro atoms. The molecular formula is C15H20BrNO3. The van der Waals surface area contributed by atoms with Crippen LogP contribution in [0.15, 0.2) is 22.7 Å². The molecule has 1 aromatic carbocycles. The van der Waals surface area contributed by atoms with Crippen molar-refractivity contribution < 1.29 is 14.6 Å². The Morgan fingerprint density at radius 2 is 2.15 bits per heavy atom. The minimum absolute atomic E-state index is 0.148. The Kier molecular flexibility index (Phi) is 5.18. The van der Waals surface area contributed by atoms with E-state index >= 15 is 0 Å². The second-order valence-electron chi connectivity index (χ2n) is 5.36. The molecule has 5 heteroatoms. The molecule has 0 aliphatic heterocycles. The van der Waals surface area contributed by atoms with Crippen molar-refractivity contribution in [3.05, 3.63) is 28.2 Å². The molecule has 1 aromatic rings. The molecule has 0 saturated heterocycles. The maximum absolute atomic E-state index is 12.1. The van der Waals surface area contributed by atoms with E-state index in [0.29, 0.717) is 19.4 Å². The Labute approximate surface area is 127 Å². The monoisotopic (exact) mass is 341 g/mol. The van der Waals surface area contributed by atoms with Crippen LogP contribution in [0.5, 0.6) is 0 Å². The Balaban J connectivity index is 2.05. The topological polar surface area (TPSA) is 58.6 Å². The lowest BCUT2D eigenvalue weighted by Gasteiger charge is -2.21. The minimum atomic E-state index is -0.822. The van der Waals surface area contributed by atoms with Gasteiger partial charge in [0, 0.05) is 22.8 Å². The number of carbonyl (C=O) groups is 1. The van der Waals surface area contributed by atoms with Crippen LogP contribution < -0.4 is 5.32 Å². The lowest BCUT2D eigenvalue weighted by atomic mass is 9.97. The Morgan fingerprint density at radius 3 is 2.80 bits per heavy atom. The highest BCUT2D eigenvalue weighted by molar-refractivity contribution is 9.10. The molecule has 2 N–H and O–H groups in total. The van der Waals surface area contributed by atoms with Crippen molar-refractivity contribution in [3.8, 4) is 0 Å². The molecule has 0 radical (unpaired) electrons. The molecule has 110 valence electrons. The van der Waals surface area contributed by atoms with E-state index in [-0.39, 0.29) is 12.3 Å². The van der Waals surface area contributed by atoms with Crippen LogP contribution in [0.1, 0.15) is 37.7 Å². The van der Waals surface area contributed by atoms with Crippen molar-refractivity contribution in [2.75, 3.05) is 12.4 Å². The molecule has 1 fully saturated rings. The summed E-state index contributed by atoms with van der Waals surface area (Å²) in [5.41, 5.74) is 0.812. The van der Waals surface area contributed by atoms with E-state index < -0.39 is 5.60 Å². The number of aliphatic hydroxyl groups is 1. The standard InChI is InChI=1S/C15H20BrNO3/c1-20-10-11-12(16)5-4-6-13(11)17-14(18)9-15(19)7-2-3-8-15/h4-6,19H,2-3,7-10H2,1H3,(H,17,18). The van der Waals surface area contributed by atoms with Gasteiger partial charge in [0.1, 0.15) is 0 Å². The van der Waals surface area contributed by atoms with Crippen molar-refractivity contribution in [1.82, 2.24) is 0 Å². The lowest BCUT2D eigenvalue weighted by molar-refractivity contribution is -0.120. The van der Waals surface area contributed by atoms with Gasteiger partial charge in [-0.3, -0.25) is 4.79 Å². The van der Waals surface area contributed by atoms with Gasteiger partial charge in [0.15, 0.2) is 0 Å². The van der Waals surface area contributed by atoms with Gasteiger partial charge in [0.2, 0.25) is 5.91 Å². The predicted molar refractivity (Wildman–Crippen MR) is 81.5 cm³/mol. The molecule has 4 nitrogen and oxygen atoms in total. The number of ether oxygens (including phenoxy) is 1. The number of benzene rings is 1. The van der Waals surface area contributed by atoms with E-state index in [0.717, 1.165) is 28.6 Å². The van der Waals surface area contributed by atoms with Crippen molar-refractivity contribution in [1.29, 1.82) is 0 Å². The van der Waals surface area contributed by atoms with Gasteiger partial charge >= 0.3 is 0 Å². The molecule has 1 aliphatic carbocycles. The summed E-state index contributed by atoms with van der Waals surface area (Å²) in [5, 5.41) is 13.2. The largest absolute Gasteiger partial charge is 0.389 e. The van der Waals surface area contributed by atoms with Gasteiger partial charge in [-0.15, -0.1) is 0 Å². The highest BCUT2D eigenvalue weighted by atomic mass is 79.9. The van der Waals surface area contributed by atoms with Gasteiger partial charge in [0.05, 0.1) is 18.6 Å². The number of halogens is 1. The molecule has 1 saturated carbocycles. The smallest absolute Gasteiger partial charge is 0.227 e. The zero-order valence-corrected chi connectivity index (χ0v) is 13.2. The first-order valence-electron chi connectivity index (χ1n) is 6.83. The lowest BCUT2D eigenvalue weighted by Crippen LogP contribution is -2.31. The molecule has 1 amide bonds. The van der Waals surface area contributed by atoms with Gasteiger partial charge in [-0.05, 0) is 25.0 Å². The molecule has 0 unspecified atom stereocenters. The van der Waals surface area contributed by atoms with Crippen molar-refractivity contribution >= 4 is 27.5 Å². The summed E-state index contributed by atoms with van der Waals surface area (Å²) in [4.78, 5) is 12.1. The average Bonchev–Trinajstić information content (AvgIpc) is 2.80. The van der Waals surface area contributed by atoms with Crippen molar-refractivity contribution in [3.63, 3.8) is 0 Å². The first-order valence-corrected chi connectivity index (χ1v) is 7.62. The summed E-state index contributed by atoms with van der Waals surface area (Å²) in [6.07, 6.45) is 3.57. The van der Waals surface area contributed by atoms with E-state index in [4.69, 9.17) is 4.74 Å². The quantitative estimate of drug-likeness (QED) is 0.864. The minimum Gasteiger partial charge on any atom is -0.389 e. The predicted octanol–water partition coefficient (Wildman–Crippen LogP) is 3.23. The maximum atomic E-state index is 12.1. The zero-order chi connectivity index (χ0) is 14.6. The van der Waals surface area contributed by atoms with Crippen LogP contribution in [-0.2, 0) is 16.1 Å². The Morgan fingerprint density at radius 1 is 1.45 bits per heavy atom. The second-order valence-corrected chi connectivity index (χ2v) is 6.21. The number of hydrogen-bond acceptors (Lipinski definition) is 3. The van der Waals surface area contributed by atoms with Crippen LogP contribution in [0.25, 0.3) is 0 Å². The first kappa shape index (κ1) is 15.5. The summed E-state index contributed by atoms with van der Waals surface area (Å²) in [7, 11) is 1.62. The van der Waals surface area contributed by atoms with E-state index in [2.05, 4.69) is 21.2 Å². The SMILES string of the molecule is COCc1c(Br)cccc1NC(=O)CC1(O)CCCC1. The van der Waals surface area contributed by atoms with E-state index in [1.54, 1.807) is 7.11 Å². The molecule has 1 aliphatic rings. The fraction of sp³-hybridized carbons (Fsp3) is 0.533. The van der Waals surface area contributed by atoms with E-state index in [1.165, 1.54) is 0 Å². The second kappa shape index (κ2) is 6.70. The average molecular weight is 342 g/mol. The van der Waals surface area contributed by atoms with Gasteiger partial charge in [-0.2, -0.15) is 0 Å². The number of hydrogen-bond donors (Lipinski definition) is 2. The van der Waals surface area contributed by atoms with E-state index in [9.17, 15) is 9.90 Å². The van der Waals surface area contributed by atoms with Crippen LogP contribution in [0.4, 0.5) is 5.69 Å². The Hall–Kier alpha value is -0.910. The molecule has 0 bridgehead atoms. The number of rotatable bonds is 5. The molecule has 2 rings (SSSR count). The molecular weight excluding hydrogens is 322 g/mol. The number of carbonyl (C=O) groups excluding carboxylic acids is 1. The van der Waals surface area contributed by atoms with Crippen molar-refractivity contribution in [2.24, 2.45) is 0 Å². The summed E-state index contributed by atoms with van der Waals surface area (Å²) < 4.78 is 6.05. The van der Waals surface area contributed by atoms with Crippen LogP contribution in [0.2, 0.25) is 0 Å². The summed E-state index contributed by atoms with van der Waals surface area (Å²) in [6.45, 7) is 0.418. The molecule has 0 atom stereocenters. The number of nitrogens with one attached hydrogen (secondary N) is 1. The van der Waals surface area contributed by atoms with Gasteiger partial charge in [-0.1, -0.05) is 34.8 Å². The third kappa shape index (κ3) is 3.81. The van der Waals surface area contributed by atoms with Gasteiger partial charge in [0.25, 0.3) is 0 Å². The summed E-state index contributed by atoms with van der Waals surface area (Å²) in [6, 6.07) is 5.62. The molecule has 0 heterocycles. The number of amides is 1. The third-order valence-electron chi connectivity index (χ3n) is 3.71. The van der Waals surface area contributed by atoms with Crippen LogP contribution >= 0.6 is 15.9 Å². The maximum Gasteiger partial charge on any atom is 0.227 e. The van der Waals surface area contributed by atoms with Gasteiger partial charge in [-0.25, -0.2) is 0 Å². The fourth-order valence-electron chi connectivity index (χ4n) is 2.67. The van der Waals surface area contributed by atoms with Crippen LogP contribution in [0.3, 0.4) is 0 Å². The third-order valence-corrected chi connectivity index (χ3v) is 4.45. The Bertz CT molecular complexity index is 484.